The standard InChI is InChI=1S/C23H22FN3O2/c24-21-11-19(17-3-1-15(12-25)2-4-17)7-8-20(21)22(28)26-13-16-9-10-27(14-16)23(29)18-5-6-18/h1-4,7-8,11,16,18H,5-6,9-10,13-14H2,(H,26,28)/t16-/m0/s1. The Balaban J connectivity index is 1.35. The van der Waals surface area contributed by atoms with E-state index in [2.05, 4.69) is 5.32 Å². The second kappa shape index (κ2) is 8.04. The van der Waals surface area contributed by atoms with Crippen LogP contribution in [-0.2, 0) is 4.79 Å². The first-order valence-electron chi connectivity index (χ1n) is 9.92. The fraction of sp³-hybridized carbons (Fsp3) is 0.348. The molecule has 1 aliphatic carbocycles. The van der Waals surface area contributed by atoms with Crippen LogP contribution in [-0.4, -0.2) is 36.3 Å². The van der Waals surface area contributed by atoms with Crippen LogP contribution in [0.1, 0.15) is 35.2 Å². The summed E-state index contributed by atoms with van der Waals surface area (Å²) in [5.74, 6) is -0.361. The third kappa shape index (κ3) is 4.29. The Hall–Kier alpha value is -3.20. The molecule has 4 rings (SSSR count). The van der Waals surface area contributed by atoms with Crippen LogP contribution in [0.5, 0.6) is 0 Å². The molecule has 148 valence electrons. The summed E-state index contributed by atoms with van der Waals surface area (Å²) < 4.78 is 14.5. The number of hydrogen-bond acceptors (Lipinski definition) is 3. The van der Waals surface area contributed by atoms with E-state index in [1.165, 1.54) is 12.1 Å². The molecule has 1 saturated carbocycles. The highest BCUT2D eigenvalue weighted by Gasteiger charge is 2.36. The molecule has 0 bridgehead atoms. The summed E-state index contributed by atoms with van der Waals surface area (Å²) in [5.41, 5.74) is 1.97. The van der Waals surface area contributed by atoms with Crippen LogP contribution in [0.2, 0.25) is 0 Å². The Morgan fingerprint density at radius 2 is 1.83 bits per heavy atom. The first-order valence-corrected chi connectivity index (χ1v) is 9.92. The van der Waals surface area contributed by atoms with Crippen molar-refractivity contribution >= 4 is 11.8 Å². The smallest absolute Gasteiger partial charge is 0.254 e. The Morgan fingerprint density at radius 1 is 1.10 bits per heavy atom. The third-order valence-electron chi connectivity index (χ3n) is 5.64. The summed E-state index contributed by atoms with van der Waals surface area (Å²) in [7, 11) is 0. The highest BCUT2D eigenvalue weighted by atomic mass is 19.1. The van der Waals surface area contributed by atoms with Crippen molar-refractivity contribution in [2.24, 2.45) is 11.8 Å². The second-order valence-electron chi connectivity index (χ2n) is 7.81. The topological polar surface area (TPSA) is 73.2 Å². The van der Waals surface area contributed by atoms with Crippen molar-refractivity contribution in [3.63, 3.8) is 0 Å². The van der Waals surface area contributed by atoms with Crippen LogP contribution in [0.15, 0.2) is 42.5 Å². The summed E-state index contributed by atoms with van der Waals surface area (Å²) in [6.07, 6.45) is 2.85. The molecule has 2 amide bonds. The van der Waals surface area contributed by atoms with Gasteiger partial charge in [0.2, 0.25) is 5.91 Å². The minimum Gasteiger partial charge on any atom is -0.352 e. The largest absolute Gasteiger partial charge is 0.352 e. The lowest BCUT2D eigenvalue weighted by atomic mass is 10.0. The zero-order valence-corrected chi connectivity index (χ0v) is 16.0. The molecule has 1 heterocycles. The Bertz CT molecular complexity index is 977. The van der Waals surface area contributed by atoms with E-state index >= 15 is 0 Å². The molecule has 1 atom stereocenters. The molecule has 2 aliphatic rings. The lowest BCUT2D eigenvalue weighted by Gasteiger charge is -2.16. The predicted molar refractivity (Wildman–Crippen MR) is 106 cm³/mol. The fourth-order valence-corrected chi connectivity index (χ4v) is 3.74. The maximum Gasteiger partial charge on any atom is 0.254 e. The number of carbonyl (C=O) groups is 2. The predicted octanol–water partition coefficient (Wildman–Crippen LogP) is 3.35. The van der Waals surface area contributed by atoms with E-state index < -0.39 is 11.7 Å². The van der Waals surface area contributed by atoms with Crippen LogP contribution < -0.4 is 5.32 Å². The van der Waals surface area contributed by atoms with Crippen LogP contribution in [0.25, 0.3) is 11.1 Å². The highest BCUT2D eigenvalue weighted by Crippen LogP contribution is 2.32. The maximum absolute atomic E-state index is 14.5. The van der Waals surface area contributed by atoms with Crippen molar-refractivity contribution in [3.05, 3.63) is 59.4 Å². The summed E-state index contributed by atoms with van der Waals surface area (Å²) >= 11 is 0. The molecule has 5 nitrogen and oxygen atoms in total. The molecule has 0 radical (unpaired) electrons. The van der Waals surface area contributed by atoms with E-state index in [1.54, 1.807) is 30.3 Å². The molecule has 1 aliphatic heterocycles. The number of amides is 2. The number of hydrogen-bond donors (Lipinski definition) is 1. The Labute approximate surface area is 169 Å². The highest BCUT2D eigenvalue weighted by molar-refractivity contribution is 5.95. The first kappa shape index (κ1) is 19.1. The summed E-state index contributed by atoms with van der Waals surface area (Å²) in [5, 5.41) is 11.7. The van der Waals surface area contributed by atoms with Crippen molar-refractivity contribution < 1.29 is 14.0 Å². The molecule has 6 heteroatoms. The van der Waals surface area contributed by atoms with Crippen LogP contribution in [0.3, 0.4) is 0 Å². The van der Waals surface area contributed by atoms with Gasteiger partial charge in [-0.2, -0.15) is 5.26 Å². The van der Waals surface area contributed by atoms with Crippen molar-refractivity contribution in [1.82, 2.24) is 10.2 Å². The van der Waals surface area contributed by atoms with E-state index in [-0.39, 0.29) is 23.3 Å². The molecule has 2 aromatic carbocycles. The molecular weight excluding hydrogens is 369 g/mol. The lowest BCUT2D eigenvalue weighted by Crippen LogP contribution is -2.33. The molecule has 0 spiro atoms. The minimum atomic E-state index is -0.582. The average molecular weight is 391 g/mol. The number of likely N-dealkylation sites (tertiary alicyclic amines) is 1. The van der Waals surface area contributed by atoms with Gasteiger partial charge in [-0.25, -0.2) is 4.39 Å². The zero-order chi connectivity index (χ0) is 20.4. The van der Waals surface area contributed by atoms with Gasteiger partial charge in [-0.15, -0.1) is 0 Å². The number of rotatable bonds is 5. The number of nitrogens with zero attached hydrogens (tertiary/aromatic N) is 2. The van der Waals surface area contributed by atoms with Crippen molar-refractivity contribution in [3.8, 4) is 17.2 Å². The maximum atomic E-state index is 14.5. The van der Waals surface area contributed by atoms with Gasteiger partial charge in [0.15, 0.2) is 0 Å². The zero-order valence-electron chi connectivity index (χ0n) is 16.0. The molecule has 2 fully saturated rings. The summed E-state index contributed by atoms with van der Waals surface area (Å²) in [6, 6.07) is 13.4. The number of carbonyl (C=O) groups excluding carboxylic acids is 2. The molecule has 29 heavy (non-hydrogen) atoms. The van der Waals surface area contributed by atoms with Gasteiger partial charge in [-0.1, -0.05) is 18.2 Å². The quantitative estimate of drug-likeness (QED) is 0.849. The number of nitriles is 1. The molecular formula is C23H22FN3O2. The van der Waals surface area contributed by atoms with Gasteiger partial charge in [0.25, 0.3) is 5.91 Å². The summed E-state index contributed by atoms with van der Waals surface area (Å²) in [4.78, 5) is 26.4. The minimum absolute atomic E-state index is 0.00584. The van der Waals surface area contributed by atoms with Gasteiger partial charge in [-0.05, 0) is 60.6 Å². The lowest BCUT2D eigenvalue weighted by molar-refractivity contribution is -0.131. The molecule has 0 aromatic heterocycles. The molecule has 1 saturated heterocycles. The van der Waals surface area contributed by atoms with Gasteiger partial charge in [0, 0.05) is 25.6 Å². The van der Waals surface area contributed by atoms with Gasteiger partial charge in [0.1, 0.15) is 5.82 Å². The van der Waals surface area contributed by atoms with Gasteiger partial charge < -0.3 is 10.2 Å². The van der Waals surface area contributed by atoms with Gasteiger partial charge in [0.05, 0.1) is 17.2 Å². The molecule has 0 unspecified atom stereocenters. The van der Waals surface area contributed by atoms with Gasteiger partial charge >= 0.3 is 0 Å². The van der Waals surface area contributed by atoms with Crippen molar-refractivity contribution in [2.45, 2.75) is 19.3 Å². The molecule has 2 aromatic rings. The Kier molecular flexibility index (Phi) is 5.30. The molecule has 1 N–H and O–H groups in total. The van der Waals surface area contributed by atoms with E-state index in [0.717, 1.165) is 31.4 Å². The van der Waals surface area contributed by atoms with Crippen molar-refractivity contribution in [2.75, 3.05) is 19.6 Å². The second-order valence-corrected chi connectivity index (χ2v) is 7.81. The van der Waals surface area contributed by atoms with Crippen LogP contribution in [0, 0.1) is 29.0 Å². The van der Waals surface area contributed by atoms with Crippen molar-refractivity contribution in [1.29, 1.82) is 5.26 Å². The van der Waals surface area contributed by atoms with Crippen LogP contribution >= 0.6 is 0 Å². The average Bonchev–Trinajstić information content (AvgIpc) is 3.49. The number of halogens is 1. The van der Waals surface area contributed by atoms with E-state index in [0.29, 0.717) is 24.2 Å². The van der Waals surface area contributed by atoms with E-state index in [1.807, 2.05) is 11.0 Å². The van der Waals surface area contributed by atoms with Gasteiger partial charge in [-0.3, -0.25) is 9.59 Å². The fourth-order valence-electron chi connectivity index (χ4n) is 3.74. The van der Waals surface area contributed by atoms with Crippen LogP contribution in [0.4, 0.5) is 4.39 Å². The van der Waals surface area contributed by atoms with E-state index in [9.17, 15) is 14.0 Å². The number of benzene rings is 2. The monoisotopic (exact) mass is 391 g/mol. The number of nitrogens with one attached hydrogen (secondary N) is 1. The normalized spacial score (nSPS) is 18.3. The SMILES string of the molecule is N#Cc1ccc(-c2ccc(C(=O)NC[C@@H]3CCN(C(=O)C4CC4)C3)c(F)c2)cc1. The van der Waals surface area contributed by atoms with E-state index in [4.69, 9.17) is 5.26 Å². The Morgan fingerprint density at radius 3 is 2.48 bits per heavy atom. The summed E-state index contributed by atoms with van der Waals surface area (Å²) in [6.45, 7) is 1.84. The first-order chi connectivity index (χ1) is 14.0. The third-order valence-corrected chi connectivity index (χ3v) is 5.64.